The highest BCUT2D eigenvalue weighted by Crippen LogP contribution is 2.26. The average molecular weight is 1160 g/mol. The van der Waals surface area contributed by atoms with Crippen molar-refractivity contribution in [1.82, 2.24) is 0 Å². The summed E-state index contributed by atoms with van der Waals surface area (Å²) in [6, 6.07) is 0. The summed E-state index contributed by atoms with van der Waals surface area (Å²) in [5, 5.41) is 31.6. The fourth-order valence-electron chi connectivity index (χ4n) is 8.85. The SMILES string of the molecule is CC/C=C\C/C=C\C/C=C\C/C=C\C/C=C\C/C=C\CCC(=O)OC1C(OCC(COC(=O)CCCCCCCC/C=C\C/C=C\C/C=C\C/C=C\CC)OC(=O)CCCCCCC/C=C\CCCCCCCC)OC(C(=O)O)C(O)C1O. The predicted octanol–water partition coefficient (Wildman–Crippen LogP) is 17.3. The quantitative estimate of drug-likeness (QED) is 0.0228. The first-order valence-electron chi connectivity index (χ1n) is 32.2. The molecule has 1 aliphatic rings. The van der Waals surface area contributed by atoms with Crippen molar-refractivity contribution in [3.63, 3.8) is 0 Å². The first-order valence-corrected chi connectivity index (χ1v) is 32.2. The molecule has 0 radical (unpaired) electrons. The van der Waals surface area contributed by atoms with Crippen molar-refractivity contribution in [3.05, 3.63) is 134 Å². The Morgan fingerprint density at radius 1 is 0.410 bits per heavy atom. The Balaban J connectivity index is 2.73. The maximum atomic E-state index is 13.2. The molecular formula is C71H112O12. The molecule has 468 valence electrons. The van der Waals surface area contributed by atoms with Crippen molar-refractivity contribution in [1.29, 1.82) is 0 Å². The molecule has 1 heterocycles. The summed E-state index contributed by atoms with van der Waals surface area (Å²) >= 11 is 0. The number of hydrogen-bond donors (Lipinski definition) is 3. The van der Waals surface area contributed by atoms with Crippen LogP contribution in [0.15, 0.2) is 134 Å². The summed E-state index contributed by atoms with van der Waals surface area (Å²) < 4.78 is 28.4. The summed E-state index contributed by atoms with van der Waals surface area (Å²) in [4.78, 5) is 51.3. The highest BCUT2D eigenvalue weighted by Gasteiger charge is 2.50. The molecule has 1 saturated heterocycles. The van der Waals surface area contributed by atoms with Gasteiger partial charge < -0.3 is 39.0 Å². The molecule has 1 aliphatic heterocycles. The number of ether oxygens (including phenoxy) is 5. The van der Waals surface area contributed by atoms with E-state index in [2.05, 4.69) is 136 Å². The molecule has 12 heteroatoms. The van der Waals surface area contributed by atoms with Crippen LogP contribution < -0.4 is 0 Å². The molecule has 0 spiro atoms. The van der Waals surface area contributed by atoms with Gasteiger partial charge in [0.2, 0.25) is 0 Å². The minimum absolute atomic E-state index is 0.0736. The van der Waals surface area contributed by atoms with Gasteiger partial charge in [0.1, 0.15) is 18.8 Å². The molecule has 0 aromatic rings. The van der Waals surface area contributed by atoms with Crippen LogP contribution in [0.3, 0.4) is 0 Å². The topological polar surface area (TPSA) is 175 Å². The Kier molecular flexibility index (Phi) is 52.4. The zero-order valence-corrected chi connectivity index (χ0v) is 51.6. The average Bonchev–Trinajstić information content (AvgIpc) is 3.60. The largest absolute Gasteiger partial charge is 0.479 e. The minimum atomic E-state index is -1.94. The number of rotatable bonds is 53. The summed E-state index contributed by atoms with van der Waals surface area (Å²) in [6.45, 7) is 5.72. The van der Waals surface area contributed by atoms with Crippen molar-refractivity contribution < 1.29 is 58.2 Å². The van der Waals surface area contributed by atoms with Gasteiger partial charge in [-0.1, -0.05) is 231 Å². The molecular weight excluding hydrogens is 1040 g/mol. The first-order chi connectivity index (χ1) is 40.6. The lowest BCUT2D eigenvalue weighted by atomic mass is 9.98. The van der Waals surface area contributed by atoms with Gasteiger partial charge in [-0.2, -0.15) is 0 Å². The van der Waals surface area contributed by atoms with Gasteiger partial charge in [0.05, 0.1) is 6.61 Å². The van der Waals surface area contributed by atoms with Gasteiger partial charge in [-0.15, -0.1) is 0 Å². The number of carbonyl (C=O) groups excluding carboxylic acids is 3. The summed E-state index contributed by atoms with van der Waals surface area (Å²) in [7, 11) is 0. The zero-order chi connectivity index (χ0) is 60.3. The standard InChI is InChI=1S/C71H112O12/c1-4-7-10-13-16-19-22-25-28-30-32-34-37-39-42-45-48-51-54-57-63(72)79-60-62(81-64(73)58-55-52-49-46-43-40-36-27-24-21-18-15-12-9-6-3)61-80-71-69(67(76)66(75)68(83-71)70(77)78)82-65(74)59-56-53-50-47-44-41-38-35-33-31-29-26-23-20-17-14-11-8-5-2/h7-8,10-11,16-17,19-20,25-29,32-36,41,44,50,53,62,66-69,71,75-76H,4-6,9,12-15,18,21-24,30-31,37-40,42-43,45-49,51-52,54-61H2,1-3H3,(H,77,78)/b10-7-,11-8-,19-16-,20-17-,28-25-,29-26-,34-32-,35-33-,36-27-,44-41-,53-50-. The summed E-state index contributed by atoms with van der Waals surface area (Å²) in [5.74, 6) is -3.27. The number of carboxylic acids is 1. The van der Waals surface area contributed by atoms with E-state index in [1.807, 2.05) is 18.2 Å². The van der Waals surface area contributed by atoms with E-state index >= 15 is 0 Å². The zero-order valence-electron chi connectivity index (χ0n) is 51.6. The molecule has 1 rings (SSSR count). The van der Waals surface area contributed by atoms with Gasteiger partial charge in [0.25, 0.3) is 0 Å². The van der Waals surface area contributed by atoms with Crippen molar-refractivity contribution in [2.75, 3.05) is 13.2 Å². The maximum absolute atomic E-state index is 13.2. The number of aliphatic hydroxyl groups excluding tert-OH is 2. The van der Waals surface area contributed by atoms with E-state index in [-0.39, 0.29) is 25.9 Å². The monoisotopic (exact) mass is 1160 g/mol. The lowest BCUT2D eigenvalue weighted by Crippen LogP contribution is -2.61. The van der Waals surface area contributed by atoms with Crippen LogP contribution >= 0.6 is 0 Å². The molecule has 6 unspecified atom stereocenters. The van der Waals surface area contributed by atoms with E-state index in [1.165, 1.54) is 38.5 Å². The van der Waals surface area contributed by atoms with E-state index < -0.39 is 67.3 Å². The van der Waals surface area contributed by atoms with Crippen LogP contribution in [0.4, 0.5) is 0 Å². The van der Waals surface area contributed by atoms with Crippen LogP contribution in [-0.4, -0.2) is 89.2 Å². The number of aliphatic hydroxyl groups is 2. The van der Waals surface area contributed by atoms with E-state index in [9.17, 15) is 34.5 Å². The second-order valence-electron chi connectivity index (χ2n) is 21.3. The lowest BCUT2D eigenvalue weighted by Gasteiger charge is -2.40. The van der Waals surface area contributed by atoms with E-state index in [4.69, 9.17) is 23.7 Å². The van der Waals surface area contributed by atoms with Crippen molar-refractivity contribution in [2.24, 2.45) is 0 Å². The molecule has 6 atom stereocenters. The molecule has 0 saturated carbocycles. The fraction of sp³-hybridized carbons (Fsp3) is 0.634. The molecule has 12 nitrogen and oxygen atoms in total. The summed E-state index contributed by atoms with van der Waals surface area (Å²) in [5.41, 5.74) is 0. The molecule has 3 N–H and O–H groups in total. The lowest BCUT2D eigenvalue weighted by molar-refractivity contribution is -0.301. The van der Waals surface area contributed by atoms with Gasteiger partial charge in [-0.05, 0) is 122 Å². The molecule has 0 amide bonds. The second-order valence-corrected chi connectivity index (χ2v) is 21.3. The second kappa shape index (κ2) is 57.3. The normalized spacial score (nSPS) is 18.5. The molecule has 83 heavy (non-hydrogen) atoms. The van der Waals surface area contributed by atoms with Crippen LogP contribution in [0.25, 0.3) is 0 Å². The summed E-state index contributed by atoms with van der Waals surface area (Å²) in [6.07, 6.45) is 68.5. The van der Waals surface area contributed by atoms with Crippen molar-refractivity contribution >= 4 is 23.9 Å². The Morgan fingerprint density at radius 3 is 1.22 bits per heavy atom. The van der Waals surface area contributed by atoms with E-state index in [1.54, 1.807) is 0 Å². The maximum Gasteiger partial charge on any atom is 0.335 e. The Morgan fingerprint density at radius 2 is 0.783 bits per heavy atom. The van der Waals surface area contributed by atoms with Crippen molar-refractivity contribution in [2.45, 2.75) is 276 Å². The number of allylic oxidation sites excluding steroid dienone is 22. The Bertz CT molecular complexity index is 1950. The van der Waals surface area contributed by atoms with Crippen LogP contribution in [0.2, 0.25) is 0 Å². The molecule has 0 aliphatic carbocycles. The third kappa shape index (κ3) is 46.9. The first kappa shape index (κ1) is 75.9. The number of unbranched alkanes of at least 4 members (excludes halogenated alkanes) is 17. The van der Waals surface area contributed by atoms with Gasteiger partial charge >= 0.3 is 23.9 Å². The van der Waals surface area contributed by atoms with Gasteiger partial charge in [0.15, 0.2) is 24.6 Å². The molecule has 0 aromatic carbocycles. The van der Waals surface area contributed by atoms with Gasteiger partial charge in [0, 0.05) is 19.3 Å². The van der Waals surface area contributed by atoms with Gasteiger partial charge in [-0.3, -0.25) is 14.4 Å². The fourth-order valence-corrected chi connectivity index (χ4v) is 8.85. The highest BCUT2D eigenvalue weighted by atomic mass is 16.7. The van der Waals surface area contributed by atoms with Crippen molar-refractivity contribution in [3.8, 4) is 0 Å². The molecule has 0 bridgehead atoms. The van der Waals surface area contributed by atoms with Crippen LogP contribution in [-0.2, 0) is 42.9 Å². The highest BCUT2D eigenvalue weighted by molar-refractivity contribution is 5.74. The number of carbonyl (C=O) groups is 4. The predicted molar refractivity (Wildman–Crippen MR) is 340 cm³/mol. The van der Waals surface area contributed by atoms with Gasteiger partial charge in [-0.25, -0.2) is 4.79 Å². The number of hydrogen-bond acceptors (Lipinski definition) is 11. The number of carboxylic acid groups (broad SMARTS) is 1. The smallest absolute Gasteiger partial charge is 0.335 e. The van der Waals surface area contributed by atoms with Crippen LogP contribution in [0.1, 0.15) is 239 Å². The third-order valence-electron chi connectivity index (χ3n) is 13.7. The number of esters is 3. The van der Waals surface area contributed by atoms with Crippen LogP contribution in [0, 0.1) is 0 Å². The van der Waals surface area contributed by atoms with E-state index in [0.717, 1.165) is 135 Å². The Hall–Kier alpha value is -5.14. The van der Waals surface area contributed by atoms with Crippen LogP contribution in [0.5, 0.6) is 0 Å². The molecule has 0 aromatic heterocycles. The minimum Gasteiger partial charge on any atom is -0.479 e. The number of aliphatic carboxylic acids is 1. The van der Waals surface area contributed by atoms with E-state index in [0.29, 0.717) is 25.7 Å². The molecule has 1 fully saturated rings. The third-order valence-corrected chi connectivity index (χ3v) is 13.7. The Labute approximate surface area is 502 Å².